The second-order valence-electron chi connectivity index (χ2n) is 5.73. The van der Waals surface area contributed by atoms with Crippen LogP contribution in [0.1, 0.15) is 34.2 Å². The minimum Gasteiger partial charge on any atom is -0.490 e. The predicted octanol–water partition coefficient (Wildman–Crippen LogP) is 2.41. The number of carbonyl (C=O) groups excluding carboxylic acids is 1. The molecule has 3 rings (SSSR count). The van der Waals surface area contributed by atoms with E-state index in [0.29, 0.717) is 24.4 Å². The molecule has 0 unspecified atom stereocenters. The summed E-state index contributed by atoms with van der Waals surface area (Å²) in [5, 5.41) is 13.0. The van der Waals surface area contributed by atoms with Gasteiger partial charge in [-0.25, -0.2) is 0 Å². The maximum absolute atomic E-state index is 12.4. The maximum Gasteiger partial charge on any atom is 0.387 e. The summed E-state index contributed by atoms with van der Waals surface area (Å²) in [5.41, 5.74) is 2.92. The number of ether oxygens (including phenoxy) is 2. The molecule has 0 saturated carbocycles. The number of hydrogen-bond donors (Lipinski definition) is 3. The van der Waals surface area contributed by atoms with Gasteiger partial charge in [0.15, 0.2) is 17.2 Å². The van der Waals surface area contributed by atoms with Gasteiger partial charge in [-0.2, -0.15) is 13.9 Å². The summed E-state index contributed by atoms with van der Waals surface area (Å²) in [4.78, 5) is 12.4. The highest BCUT2D eigenvalue weighted by Gasteiger charge is 2.21. The quantitative estimate of drug-likeness (QED) is 0.662. The fourth-order valence-electron chi connectivity index (χ4n) is 2.80. The number of hydrogen-bond acceptors (Lipinski definition) is 5. The molecule has 2 aromatic rings. The van der Waals surface area contributed by atoms with E-state index in [2.05, 4.69) is 25.6 Å². The smallest absolute Gasteiger partial charge is 0.387 e. The molecular weight excluding hydrogens is 382 g/mol. The number of carbonyl (C=O) groups is 1. The highest BCUT2D eigenvalue weighted by Crippen LogP contribution is 2.30. The van der Waals surface area contributed by atoms with Crippen molar-refractivity contribution in [2.75, 3.05) is 13.2 Å². The number of H-pyrrole nitrogens is 1. The summed E-state index contributed by atoms with van der Waals surface area (Å²) >= 11 is 0. The van der Waals surface area contributed by atoms with Crippen LogP contribution in [0.4, 0.5) is 8.78 Å². The molecule has 0 spiro atoms. The van der Waals surface area contributed by atoms with E-state index < -0.39 is 6.61 Å². The molecule has 1 aliphatic heterocycles. The van der Waals surface area contributed by atoms with Gasteiger partial charge in [0, 0.05) is 37.3 Å². The summed E-state index contributed by atoms with van der Waals surface area (Å²) in [6.07, 6.45) is 0.804. The Morgan fingerprint density at radius 3 is 2.93 bits per heavy atom. The highest BCUT2D eigenvalue weighted by molar-refractivity contribution is 5.94. The minimum atomic E-state index is -2.93. The molecule has 0 radical (unpaired) electrons. The first-order valence-corrected chi connectivity index (χ1v) is 8.34. The van der Waals surface area contributed by atoms with Crippen molar-refractivity contribution < 1.29 is 23.0 Å². The normalized spacial score (nSPS) is 12.9. The van der Waals surface area contributed by atoms with Crippen molar-refractivity contribution in [2.24, 2.45) is 0 Å². The summed E-state index contributed by atoms with van der Waals surface area (Å²) in [5.74, 6) is -0.123. The Morgan fingerprint density at radius 1 is 1.37 bits per heavy atom. The van der Waals surface area contributed by atoms with Crippen LogP contribution < -0.4 is 20.1 Å². The maximum atomic E-state index is 12.4. The molecule has 1 aromatic carbocycles. The van der Waals surface area contributed by atoms with E-state index in [9.17, 15) is 13.6 Å². The Bertz CT molecular complexity index is 786. The van der Waals surface area contributed by atoms with Crippen LogP contribution in [0.3, 0.4) is 0 Å². The fourth-order valence-corrected chi connectivity index (χ4v) is 2.80. The lowest BCUT2D eigenvalue weighted by molar-refractivity contribution is -0.0514. The number of fused-ring (bicyclic) bond motifs is 1. The fraction of sp³-hybridized carbons (Fsp3) is 0.412. The van der Waals surface area contributed by atoms with Crippen molar-refractivity contribution >= 4 is 18.3 Å². The van der Waals surface area contributed by atoms with Gasteiger partial charge in [-0.1, -0.05) is 6.07 Å². The second-order valence-corrected chi connectivity index (χ2v) is 5.73. The van der Waals surface area contributed by atoms with E-state index in [0.717, 1.165) is 24.2 Å². The van der Waals surface area contributed by atoms with E-state index in [1.807, 2.05) is 0 Å². The third-order valence-corrected chi connectivity index (χ3v) is 4.00. The highest BCUT2D eigenvalue weighted by atomic mass is 35.5. The van der Waals surface area contributed by atoms with Crippen molar-refractivity contribution in [3.8, 4) is 11.5 Å². The molecule has 0 aliphatic carbocycles. The first kappa shape index (κ1) is 20.9. The molecular formula is C17H21ClF2N4O3. The van der Waals surface area contributed by atoms with Crippen molar-refractivity contribution in [1.29, 1.82) is 0 Å². The summed E-state index contributed by atoms with van der Waals surface area (Å²) in [7, 11) is 0. The van der Waals surface area contributed by atoms with Crippen LogP contribution in [0.15, 0.2) is 18.2 Å². The lowest BCUT2D eigenvalue weighted by Crippen LogP contribution is -2.28. The van der Waals surface area contributed by atoms with Gasteiger partial charge in [0.25, 0.3) is 5.91 Å². The Balaban J connectivity index is 0.00000261. The first-order valence-electron chi connectivity index (χ1n) is 8.34. The first-order chi connectivity index (χ1) is 12.6. The van der Waals surface area contributed by atoms with Crippen molar-refractivity contribution in [1.82, 2.24) is 20.8 Å². The van der Waals surface area contributed by atoms with Gasteiger partial charge >= 0.3 is 6.61 Å². The van der Waals surface area contributed by atoms with Gasteiger partial charge in [-0.05, 0) is 24.6 Å². The van der Waals surface area contributed by atoms with Crippen LogP contribution in [0.5, 0.6) is 11.5 Å². The van der Waals surface area contributed by atoms with E-state index in [4.69, 9.17) is 4.74 Å². The zero-order chi connectivity index (χ0) is 18.5. The van der Waals surface area contributed by atoms with Crippen LogP contribution in [0.2, 0.25) is 0 Å². The zero-order valence-electron chi connectivity index (χ0n) is 14.7. The molecule has 7 nitrogen and oxygen atoms in total. The topological polar surface area (TPSA) is 88.3 Å². The molecule has 27 heavy (non-hydrogen) atoms. The Kier molecular flexibility index (Phi) is 7.37. The number of nitrogens with zero attached hydrogens (tertiary/aromatic N) is 1. The Labute approximate surface area is 161 Å². The molecule has 2 heterocycles. The predicted molar refractivity (Wildman–Crippen MR) is 96.7 cm³/mol. The van der Waals surface area contributed by atoms with Crippen molar-refractivity contribution in [3.63, 3.8) is 0 Å². The van der Waals surface area contributed by atoms with E-state index in [-0.39, 0.29) is 36.4 Å². The van der Waals surface area contributed by atoms with E-state index in [1.165, 1.54) is 6.07 Å². The van der Waals surface area contributed by atoms with Crippen LogP contribution in [0.25, 0.3) is 0 Å². The van der Waals surface area contributed by atoms with Crippen LogP contribution >= 0.6 is 12.4 Å². The third kappa shape index (κ3) is 5.08. The largest absolute Gasteiger partial charge is 0.490 e. The average Bonchev–Trinajstić information content (AvgIpc) is 3.05. The van der Waals surface area contributed by atoms with E-state index in [1.54, 1.807) is 19.1 Å². The van der Waals surface area contributed by atoms with Crippen LogP contribution in [0, 0.1) is 0 Å². The van der Waals surface area contributed by atoms with E-state index >= 15 is 0 Å². The molecule has 1 amide bonds. The van der Waals surface area contributed by atoms with Gasteiger partial charge < -0.3 is 20.1 Å². The molecule has 0 saturated heterocycles. The van der Waals surface area contributed by atoms with Gasteiger partial charge in [0.2, 0.25) is 0 Å². The average molecular weight is 403 g/mol. The van der Waals surface area contributed by atoms with Crippen LogP contribution in [-0.4, -0.2) is 35.9 Å². The summed E-state index contributed by atoms with van der Waals surface area (Å²) in [6, 6.07) is 4.57. The Hall–Kier alpha value is -2.39. The summed E-state index contributed by atoms with van der Waals surface area (Å²) in [6.45, 7) is 0.783. The number of halogens is 3. The molecule has 148 valence electrons. The number of nitrogens with one attached hydrogen (secondary N) is 3. The Morgan fingerprint density at radius 2 is 2.19 bits per heavy atom. The lowest BCUT2D eigenvalue weighted by atomic mass is 10.1. The number of alkyl halides is 2. The molecule has 10 heteroatoms. The lowest BCUT2D eigenvalue weighted by Gasteiger charge is -2.14. The van der Waals surface area contributed by atoms with Gasteiger partial charge in [0.1, 0.15) is 0 Å². The molecule has 0 fully saturated rings. The van der Waals surface area contributed by atoms with Crippen LogP contribution in [-0.2, 0) is 19.5 Å². The number of benzene rings is 1. The number of aromatic amines is 1. The zero-order valence-corrected chi connectivity index (χ0v) is 15.5. The van der Waals surface area contributed by atoms with Crippen molar-refractivity contribution in [2.45, 2.75) is 33.0 Å². The molecule has 1 aromatic heterocycles. The number of aromatic nitrogens is 2. The van der Waals surface area contributed by atoms with Gasteiger partial charge in [0.05, 0.1) is 6.61 Å². The van der Waals surface area contributed by atoms with Crippen molar-refractivity contribution in [3.05, 3.63) is 40.7 Å². The summed E-state index contributed by atoms with van der Waals surface area (Å²) < 4.78 is 34.6. The SMILES string of the molecule is CCOc1cc(CNC(=O)c2n[nH]c3c2CNCC3)ccc1OC(F)F.Cl. The number of amides is 1. The minimum absolute atomic E-state index is 0. The molecule has 0 bridgehead atoms. The molecule has 0 atom stereocenters. The standard InChI is InChI=1S/C17H20F2N4O3.ClH/c1-2-25-14-7-10(3-4-13(14)26-17(18)19)8-21-16(24)15-11-9-20-6-5-12(11)22-23-15;/h3-4,7,17,20H,2,5-6,8-9H2,1H3,(H,21,24)(H,22,23);1H. The second kappa shape index (κ2) is 9.52. The monoisotopic (exact) mass is 402 g/mol. The number of rotatable bonds is 7. The van der Waals surface area contributed by atoms with Gasteiger partial charge in [-0.3, -0.25) is 9.89 Å². The molecule has 1 aliphatic rings. The van der Waals surface area contributed by atoms with Gasteiger partial charge in [-0.15, -0.1) is 12.4 Å². The molecule has 3 N–H and O–H groups in total. The third-order valence-electron chi connectivity index (χ3n) is 4.00.